The molecule has 144 valence electrons. The molecule has 0 aromatic carbocycles. The van der Waals surface area contributed by atoms with E-state index in [0.717, 1.165) is 11.4 Å². The predicted molar refractivity (Wildman–Crippen MR) is 100 cm³/mol. The number of hydrogen-bond donors (Lipinski definition) is 1. The van der Waals surface area contributed by atoms with E-state index in [-0.39, 0.29) is 6.61 Å². The van der Waals surface area contributed by atoms with Crippen molar-refractivity contribution in [1.82, 2.24) is 9.97 Å². The molecule has 2 aromatic rings. The molecule has 2 aromatic heterocycles. The fourth-order valence-electron chi connectivity index (χ4n) is 2.80. The molecule has 0 saturated carbocycles. The minimum atomic E-state index is -0.853. The molecule has 7 heteroatoms. The van der Waals surface area contributed by atoms with Crippen LogP contribution in [0.15, 0.2) is 41.6 Å². The summed E-state index contributed by atoms with van der Waals surface area (Å²) in [6.45, 7) is 6.93. The maximum atomic E-state index is 10.4. The minimum absolute atomic E-state index is 0.264. The molecule has 1 aliphatic heterocycles. The normalized spacial score (nSPS) is 17.7. The van der Waals surface area contributed by atoms with Crippen molar-refractivity contribution in [1.29, 1.82) is 0 Å². The Morgan fingerprint density at radius 3 is 2.70 bits per heavy atom. The third-order valence-electron chi connectivity index (χ3n) is 4.36. The van der Waals surface area contributed by atoms with E-state index in [2.05, 4.69) is 15.1 Å². The molecule has 0 bridgehead atoms. The summed E-state index contributed by atoms with van der Waals surface area (Å²) in [6.07, 6.45) is -0.394. The lowest BCUT2D eigenvalue weighted by molar-refractivity contribution is -0.153. The quantitative estimate of drug-likeness (QED) is 0.458. The van der Waals surface area contributed by atoms with Crippen molar-refractivity contribution >= 4 is 5.71 Å². The Morgan fingerprint density at radius 2 is 1.96 bits per heavy atom. The monoisotopic (exact) mass is 371 g/mol. The average Bonchev–Trinajstić information content (AvgIpc) is 3.13. The molecule has 1 unspecified atom stereocenters. The third-order valence-corrected chi connectivity index (χ3v) is 4.36. The van der Waals surface area contributed by atoms with Crippen LogP contribution in [0.4, 0.5) is 0 Å². The predicted octanol–water partition coefficient (Wildman–Crippen LogP) is 2.87. The highest BCUT2D eigenvalue weighted by Crippen LogP contribution is 2.30. The first-order valence-electron chi connectivity index (χ1n) is 9.02. The van der Waals surface area contributed by atoms with Crippen molar-refractivity contribution in [3.05, 3.63) is 59.2 Å². The summed E-state index contributed by atoms with van der Waals surface area (Å²) in [4.78, 5) is 14.2. The summed E-state index contributed by atoms with van der Waals surface area (Å²) in [7, 11) is 0. The number of aliphatic hydroxyl groups is 1. The fourth-order valence-corrected chi connectivity index (χ4v) is 2.80. The molecule has 1 aliphatic rings. The van der Waals surface area contributed by atoms with Gasteiger partial charge in [-0.1, -0.05) is 17.3 Å². The second-order valence-electron chi connectivity index (χ2n) is 6.57. The summed E-state index contributed by atoms with van der Waals surface area (Å²) >= 11 is 0. The Labute approximate surface area is 159 Å². The molecular formula is C20H25N3O4. The van der Waals surface area contributed by atoms with Gasteiger partial charge in [-0.25, -0.2) is 4.98 Å². The van der Waals surface area contributed by atoms with Gasteiger partial charge in [0.05, 0.1) is 36.4 Å². The van der Waals surface area contributed by atoms with E-state index in [0.29, 0.717) is 36.7 Å². The first kappa shape index (κ1) is 19.4. The van der Waals surface area contributed by atoms with Crippen LogP contribution in [0.2, 0.25) is 0 Å². The molecule has 0 spiro atoms. The van der Waals surface area contributed by atoms with E-state index in [1.807, 2.05) is 51.1 Å². The van der Waals surface area contributed by atoms with Gasteiger partial charge < -0.3 is 19.4 Å². The van der Waals surface area contributed by atoms with Crippen LogP contribution in [0.1, 0.15) is 49.1 Å². The highest BCUT2D eigenvalue weighted by molar-refractivity contribution is 5.96. The largest absolute Gasteiger partial charge is 0.395 e. The van der Waals surface area contributed by atoms with Gasteiger partial charge in [-0.15, -0.1) is 0 Å². The molecule has 0 aliphatic carbocycles. The molecule has 3 rings (SSSR count). The average molecular weight is 371 g/mol. The second kappa shape index (κ2) is 8.56. The van der Waals surface area contributed by atoms with E-state index in [1.54, 1.807) is 6.07 Å². The molecule has 0 amide bonds. The SMILES string of the molecule is C/C(=N/OCCC(O)c1cccc(C2(C)OCCO2)n1)c1cccc(C)n1. The van der Waals surface area contributed by atoms with Crippen molar-refractivity contribution in [3.63, 3.8) is 0 Å². The standard InChI is InChI=1S/C20H25N3O4/c1-14-6-4-7-16(21-14)15(2)23-27-11-10-18(24)17-8-5-9-19(22-17)20(3)25-12-13-26-20/h4-9,18,24H,10-13H2,1-3H3/b23-15-. The van der Waals surface area contributed by atoms with Crippen LogP contribution in [0.5, 0.6) is 0 Å². The van der Waals surface area contributed by atoms with Gasteiger partial charge in [0.1, 0.15) is 12.3 Å². The summed E-state index contributed by atoms with van der Waals surface area (Å²) < 4.78 is 11.2. The maximum absolute atomic E-state index is 10.4. The highest BCUT2D eigenvalue weighted by Gasteiger charge is 2.34. The zero-order valence-corrected chi connectivity index (χ0v) is 15.9. The van der Waals surface area contributed by atoms with Crippen LogP contribution in [-0.4, -0.2) is 40.6 Å². The van der Waals surface area contributed by atoms with Gasteiger partial charge in [0.15, 0.2) is 0 Å². The van der Waals surface area contributed by atoms with E-state index >= 15 is 0 Å². The van der Waals surface area contributed by atoms with Crippen molar-refractivity contribution in [2.75, 3.05) is 19.8 Å². The molecule has 1 fully saturated rings. The van der Waals surface area contributed by atoms with Crippen LogP contribution in [0.3, 0.4) is 0 Å². The van der Waals surface area contributed by atoms with Gasteiger partial charge in [0, 0.05) is 12.1 Å². The smallest absolute Gasteiger partial charge is 0.209 e. The van der Waals surface area contributed by atoms with E-state index in [1.165, 1.54) is 0 Å². The molecule has 27 heavy (non-hydrogen) atoms. The number of oxime groups is 1. The Hall–Kier alpha value is -2.35. The van der Waals surface area contributed by atoms with Crippen LogP contribution >= 0.6 is 0 Å². The molecule has 1 N–H and O–H groups in total. The van der Waals surface area contributed by atoms with E-state index in [9.17, 15) is 5.11 Å². The van der Waals surface area contributed by atoms with Crippen molar-refractivity contribution in [2.24, 2.45) is 5.16 Å². The molecule has 3 heterocycles. The zero-order chi connectivity index (χ0) is 19.3. The fraction of sp³-hybridized carbons (Fsp3) is 0.450. The summed E-state index contributed by atoms with van der Waals surface area (Å²) in [5.74, 6) is -0.853. The van der Waals surface area contributed by atoms with Gasteiger partial charge in [-0.3, -0.25) is 4.98 Å². The molecule has 7 nitrogen and oxygen atoms in total. The summed E-state index contributed by atoms with van der Waals surface area (Å²) in [5.41, 5.74) is 3.59. The Kier molecular flexibility index (Phi) is 6.15. The van der Waals surface area contributed by atoms with Crippen LogP contribution in [0.25, 0.3) is 0 Å². The van der Waals surface area contributed by atoms with Crippen molar-refractivity contribution in [2.45, 2.75) is 39.1 Å². The Balaban J connectivity index is 1.55. The zero-order valence-electron chi connectivity index (χ0n) is 15.9. The van der Waals surface area contributed by atoms with Crippen molar-refractivity contribution in [3.8, 4) is 0 Å². The van der Waals surface area contributed by atoms with Crippen molar-refractivity contribution < 1.29 is 19.4 Å². The Bertz CT molecular complexity index is 803. The lowest BCUT2D eigenvalue weighted by Crippen LogP contribution is -2.24. The number of ether oxygens (including phenoxy) is 2. The minimum Gasteiger partial charge on any atom is -0.395 e. The molecular weight excluding hydrogens is 346 g/mol. The summed E-state index contributed by atoms with van der Waals surface area (Å²) in [5, 5.41) is 14.5. The first-order chi connectivity index (χ1) is 13.0. The van der Waals surface area contributed by atoms with Crippen LogP contribution < -0.4 is 0 Å². The number of hydrogen-bond acceptors (Lipinski definition) is 7. The highest BCUT2D eigenvalue weighted by atomic mass is 16.7. The number of aliphatic hydroxyl groups excluding tert-OH is 1. The van der Waals surface area contributed by atoms with E-state index < -0.39 is 11.9 Å². The Morgan fingerprint density at radius 1 is 1.22 bits per heavy atom. The van der Waals surface area contributed by atoms with Gasteiger partial charge in [0.2, 0.25) is 5.79 Å². The number of aromatic nitrogens is 2. The topological polar surface area (TPSA) is 86.1 Å². The first-order valence-corrected chi connectivity index (χ1v) is 9.02. The van der Waals surface area contributed by atoms with Gasteiger partial charge in [0.25, 0.3) is 0 Å². The molecule has 1 saturated heterocycles. The lowest BCUT2D eigenvalue weighted by atomic mass is 10.1. The third kappa shape index (κ3) is 4.88. The number of rotatable bonds is 7. The van der Waals surface area contributed by atoms with Gasteiger partial charge in [-0.2, -0.15) is 0 Å². The summed E-state index contributed by atoms with van der Waals surface area (Å²) in [6, 6.07) is 11.2. The second-order valence-corrected chi connectivity index (χ2v) is 6.57. The number of pyridine rings is 2. The molecule has 1 atom stereocenters. The van der Waals surface area contributed by atoms with Crippen LogP contribution in [0, 0.1) is 6.92 Å². The number of nitrogens with zero attached hydrogens (tertiary/aromatic N) is 3. The van der Waals surface area contributed by atoms with Gasteiger partial charge >= 0.3 is 0 Å². The lowest BCUT2D eigenvalue weighted by Gasteiger charge is -2.22. The van der Waals surface area contributed by atoms with Gasteiger partial charge in [-0.05, 0) is 45.0 Å². The van der Waals surface area contributed by atoms with E-state index in [4.69, 9.17) is 14.3 Å². The number of aryl methyl sites for hydroxylation is 1. The molecule has 0 radical (unpaired) electrons. The van der Waals surface area contributed by atoms with Crippen LogP contribution in [-0.2, 0) is 20.1 Å². The maximum Gasteiger partial charge on any atom is 0.209 e.